The summed E-state index contributed by atoms with van der Waals surface area (Å²) in [5.41, 5.74) is 0.483. The standard InChI is InChI=1S/C14H15FN4O/c1-9(2)14-18-13(20-19-14)6-7-17-12-5-3-4-11(15)10(12)8-16/h3-5,9,17H,6-7H2,1-2H3. The number of rotatable bonds is 5. The number of hydrogen-bond acceptors (Lipinski definition) is 5. The number of aromatic nitrogens is 2. The van der Waals surface area contributed by atoms with Gasteiger partial charge in [0.15, 0.2) is 5.82 Å². The second-order valence-electron chi connectivity index (χ2n) is 4.65. The third-order valence-corrected chi connectivity index (χ3v) is 2.78. The number of nitrogens with one attached hydrogen (secondary N) is 1. The molecule has 0 radical (unpaired) electrons. The van der Waals surface area contributed by atoms with Crippen molar-refractivity contribution in [2.75, 3.05) is 11.9 Å². The fraction of sp³-hybridized carbons (Fsp3) is 0.357. The van der Waals surface area contributed by atoms with Crippen LogP contribution in [0.5, 0.6) is 0 Å². The van der Waals surface area contributed by atoms with Crippen LogP contribution in [0.25, 0.3) is 0 Å². The molecule has 1 aromatic heterocycles. The molecule has 1 N–H and O–H groups in total. The minimum Gasteiger partial charge on any atom is -0.383 e. The molecule has 5 nitrogen and oxygen atoms in total. The van der Waals surface area contributed by atoms with Crippen LogP contribution in [0.4, 0.5) is 10.1 Å². The van der Waals surface area contributed by atoms with Gasteiger partial charge in [-0.1, -0.05) is 25.1 Å². The van der Waals surface area contributed by atoms with Gasteiger partial charge in [-0.2, -0.15) is 10.2 Å². The fourth-order valence-corrected chi connectivity index (χ4v) is 1.69. The highest BCUT2D eigenvalue weighted by Crippen LogP contribution is 2.17. The molecule has 20 heavy (non-hydrogen) atoms. The SMILES string of the molecule is CC(C)c1noc(CCNc2cccc(F)c2C#N)n1. The molecular weight excluding hydrogens is 259 g/mol. The maximum atomic E-state index is 13.4. The third-order valence-electron chi connectivity index (χ3n) is 2.78. The predicted molar refractivity (Wildman–Crippen MR) is 71.7 cm³/mol. The molecule has 0 aliphatic rings. The van der Waals surface area contributed by atoms with Gasteiger partial charge in [0, 0.05) is 18.9 Å². The van der Waals surface area contributed by atoms with Crippen molar-refractivity contribution in [2.45, 2.75) is 26.2 Å². The Hall–Kier alpha value is -2.42. The van der Waals surface area contributed by atoms with E-state index in [1.54, 1.807) is 12.1 Å². The molecular formula is C14H15FN4O. The molecule has 0 saturated heterocycles. The van der Waals surface area contributed by atoms with Crippen LogP contribution < -0.4 is 5.32 Å². The Morgan fingerprint density at radius 2 is 2.25 bits per heavy atom. The van der Waals surface area contributed by atoms with Crippen molar-refractivity contribution in [3.8, 4) is 6.07 Å². The van der Waals surface area contributed by atoms with Crippen molar-refractivity contribution in [3.05, 3.63) is 41.3 Å². The van der Waals surface area contributed by atoms with Crippen molar-refractivity contribution in [2.24, 2.45) is 0 Å². The molecule has 1 aromatic carbocycles. The second kappa shape index (κ2) is 6.15. The highest BCUT2D eigenvalue weighted by molar-refractivity contribution is 5.57. The van der Waals surface area contributed by atoms with E-state index in [1.807, 2.05) is 19.9 Å². The molecule has 0 amide bonds. The lowest BCUT2D eigenvalue weighted by molar-refractivity contribution is 0.373. The lowest BCUT2D eigenvalue weighted by Crippen LogP contribution is -2.07. The van der Waals surface area contributed by atoms with Gasteiger partial charge in [0.05, 0.1) is 5.69 Å². The maximum absolute atomic E-state index is 13.4. The minimum absolute atomic E-state index is 0.0147. The van der Waals surface area contributed by atoms with Crippen molar-refractivity contribution in [1.29, 1.82) is 5.26 Å². The van der Waals surface area contributed by atoms with Crippen molar-refractivity contribution in [3.63, 3.8) is 0 Å². The third kappa shape index (κ3) is 3.12. The van der Waals surface area contributed by atoms with E-state index in [0.29, 0.717) is 30.4 Å². The van der Waals surface area contributed by atoms with E-state index in [4.69, 9.17) is 9.78 Å². The summed E-state index contributed by atoms with van der Waals surface area (Å²) in [6.07, 6.45) is 0.515. The van der Waals surface area contributed by atoms with Gasteiger partial charge in [0.1, 0.15) is 17.4 Å². The Balaban J connectivity index is 1.96. The first kappa shape index (κ1) is 14.0. The van der Waals surface area contributed by atoms with Gasteiger partial charge in [-0.3, -0.25) is 0 Å². The molecule has 0 saturated carbocycles. The lowest BCUT2D eigenvalue weighted by atomic mass is 10.2. The van der Waals surface area contributed by atoms with Gasteiger partial charge < -0.3 is 9.84 Å². The van der Waals surface area contributed by atoms with E-state index in [9.17, 15) is 4.39 Å². The first-order valence-corrected chi connectivity index (χ1v) is 6.36. The van der Waals surface area contributed by atoms with Gasteiger partial charge in [0.2, 0.25) is 5.89 Å². The van der Waals surface area contributed by atoms with E-state index >= 15 is 0 Å². The van der Waals surface area contributed by atoms with Gasteiger partial charge in [-0.15, -0.1) is 0 Å². The van der Waals surface area contributed by atoms with Gasteiger partial charge >= 0.3 is 0 Å². The Labute approximate surface area is 116 Å². The minimum atomic E-state index is -0.530. The summed E-state index contributed by atoms with van der Waals surface area (Å²) in [6.45, 7) is 4.45. The Morgan fingerprint density at radius 3 is 2.90 bits per heavy atom. The van der Waals surface area contributed by atoms with Crippen LogP contribution in [-0.2, 0) is 6.42 Å². The number of anilines is 1. The highest BCUT2D eigenvalue weighted by Gasteiger charge is 2.10. The van der Waals surface area contributed by atoms with E-state index < -0.39 is 5.82 Å². The highest BCUT2D eigenvalue weighted by atomic mass is 19.1. The molecule has 0 fully saturated rings. The van der Waals surface area contributed by atoms with Crippen LogP contribution in [0.2, 0.25) is 0 Å². The summed E-state index contributed by atoms with van der Waals surface area (Å²) in [4.78, 5) is 4.24. The van der Waals surface area contributed by atoms with Crippen molar-refractivity contribution < 1.29 is 8.91 Å². The number of halogens is 1. The summed E-state index contributed by atoms with van der Waals surface area (Å²) in [5.74, 6) is 0.880. The van der Waals surface area contributed by atoms with Gasteiger partial charge in [-0.25, -0.2) is 4.39 Å². The van der Waals surface area contributed by atoms with E-state index in [0.717, 1.165) is 0 Å². The molecule has 0 unspecified atom stereocenters. The van der Waals surface area contributed by atoms with Crippen LogP contribution in [-0.4, -0.2) is 16.7 Å². The largest absolute Gasteiger partial charge is 0.383 e. The normalized spacial score (nSPS) is 10.6. The molecule has 0 aliphatic heterocycles. The average Bonchev–Trinajstić information content (AvgIpc) is 2.88. The molecule has 2 rings (SSSR count). The zero-order valence-electron chi connectivity index (χ0n) is 11.4. The molecule has 104 valence electrons. The smallest absolute Gasteiger partial charge is 0.228 e. The number of hydrogen-bond donors (Lipinski definition) is 1. The molecule has 2 aromatic rings. The van der Waals surface area contributed by atoms with Crippen molar-refractivity contribution in [1.82, 2.24) is 10.1 Å². The maximum Gasteiger partial charge on any atom is 0.228 e. The first-order chi connectivity index (χ1) is 9.61. The molecule has 1 heterocycles. The van der Waals surface area contributed by atoms with Crippen molar-refractivity contribution >= 4 is 5.69 Å². The molecule has 0 aliphatic carbocycles. The Kier molecular flexibility index (Phi) is 4.31. The number of nitriles is 1. The zero-order valence-corrected chi connectivity index (χ0v) is 11.4. The summed E-state index contributed by atoms with van der Waals surface area (Å²) in [5, 5.41) is 15.8. The fourth-order valence-electron chi connectivity index (χ4n) is 1.69. The first-order valence-electron chi connectivity index (χ1n) is 6.36. The lowest BCUT2D eigenvalue weighted by Gasteiger charge is -2.06. The number of benzene rings is 1. The Morgan fingerprint density at radius 1 is 1.45 bits per heavy atom. The average molecular weight is 274 g/mol. The summed E-state index contributed by atoms with van der Waals surface area (Å²) >= 11 is 0. The van der Waals surface area contributed by atoms with Crippen LogP contribution in [0.1, 0.15) is 37.0 Å². The molecule has 0 atom stereocenters. The van der Waals surface area contributed by atoms with Crippen LogP contribution in [0.15, 0.2) is 22.7 Å². The van der Waals surface area contributed by atoms with Crippen LogP contribution in [0, 0.1) is 17.1 Å². The number of nitrogens with zero attached hydrogens (tertiary/aromatic N) is 3. The summed E-state index contributed by atoms with van der Waals surface area (Å²) in [6, 6.07) is 6.32. The topological polar surface area (TPSA) is 74.7 Å². The van der Waals surface area contributed by atoms with Gasteiger partial charge in [-0.05, 0) is 12.1 Å². The van der Waals surface area contributed by atoms with Gasteiger partial charge in [0.25, 0.3) is 0 Å². The van der Waals surface area contributed by atoms with Crippen LogP contribution in [0.3, 0.4) is 0 Å². The zero-order chi connectivity index (χ0) is 14.5. The monoisotopic (exact) mass is 274 g/mol. The van der Waals surface area contributed by atoms with Crippen LogP contribution >= 0.6 is 0 Å². The van der Waals surface area contributed by atoms with E-state index in [-0.39, 0.29) is 11.5 Å². The van der Waals surface area contributed by atoms with E-state index in [2.05, 4.69) is 15.5 Å². The quantitative estimate of drug-likeness (QED) is 0.907. The molecule has 6 heteroatoms. The second-order valence-corrected chi connectivity index (χ2v) is 4.65. The predicted octanol–water partition coefficient (Wildman–Crippen LogP) is 2.86. The van der Waals surface area contributed by atoms with E-state index in [1.165, 1.54) is 6.07 Å². The molecule has 0 bridgehead atoms. The Bertz CT molecular complexity index is 630. The summed E-state index contributed by atoms with van der Waals surface area (Å²) in [7, 11) is 0. The molecule has 0 spiro atoms. The summed E-state index contributed by atoms with van der Waals surface area (Å²) < 4.78 is 18.5.